The molecule has 1 unspecified atom stereocenters. The van der Waals surface area contributed by atoms with Crippen molar-refractivity contribution in [3.8, 4) is 0 Å². The molecule has 3 nitrogen and oxygen atoms in total. The summed E-state index contributed by atoms with van der Waals surface area (Å²) in [5, 5.41) is 12.6. The smallest absolute Gasteiger partial charge is 0.0448 e. The third kappa shape index (κ3) is 4.31. The van der Waals surface area contributed by atoms with Crippen LogP contribution in [0.5, 0.6) is 0 Å². The van der Waals surface area contributed by atoms with E-state index >= 15 is 0 Å². The van der Waals surface area contributed by atoms with Gasteiger partial charge in [0.1, 0.15) is 0 Å². The van der Waals surface area contributed by atoms with Gasteiger partial charge in [-0.1, -0.05) is 19.1 Å². The summed E-state index contributed by atoms with van der Waals surface area (Å²) in [7, 11) is 4.09. The van der Waals surface area contributed by atoms with E-state index < -0.39 is 0 Å². The third-order valence-corrected chi connectivity index (χ3v) is 3.62. The summed E-state index contributed by atoms with van der Waals surface area (Å²) in [5.41, 5.74) is 2.51. The lowest BCUT2D eigenvalue weighted by atomic mass is 9.94. The Labute approximate surface area is 111 Å². The monoisotopic (exact) mass is 250 g/mol. The van der Waals surface area contributed by atoms with Gasteiger partial charge < -0.3 is 15.3 Å². The SMILES string of the molecule is CCC(C)(CCO)NCc1ccc(N(C)C)cc1. The molecule has 102 valence electrons. The molecule has 0 heterocycles. The molecule has 3 heteroatoms. The number of nitrogens with zero attached hydrogens (tertiary/aromatic N) is 1. The molecule has 0 aromatic heterocycles. The topological polar surface area (TPSA) is 35.5 Å². The summed E-state index contributed by atoms with van der Waals surface area (Å²) < 4.78 is 0. The summed E-state index contributed by atoms with van der Waals surface area (Å²) >= 11 is 0. The van der Waals surface area contributed by atoms with Crippen LogP contribution in [0.4, 0.5) is 5.69 Å². The molecule has 1 aromatic carbocycles. The maximum absolute atomic E-state index is 9.08. The molecule has 0 aliphatic heterocycles. The Morgan fingerprint density at radius 2 is 1.83 bits per heavy atom. The van der Waals surface area contributed by atoms with Crippen LogP contribution >= 0.6 is 0 Å². The summed E-state index contributed by atoms with van der Waals surface area (Å²) in [6.07, 6.45) is 1.81. The summed E-state index contributed by atoms with van der Waals surface area (Å²) in [6.45, 7) is 5.39. The zero-order valence-electron chi connectivity index (χ0n) is 12.0. The second-order valence-electron chi connectivity index (χ2n) is 5.30. The van der Waals surface area contributed by atoms with E-state index in [4.69, 9.17) is 5.11 Å². The van der Waals surface area contributed by atoms with E-state index in [0.29, 0.717) is 0 Å². The number of benzene rings is 1. The molecule has 0 amide bonds. The lowest BCUT2D eigenvalue weighted by Crippen LogP contribution is -2.42. The minimum atomic E-state index is 0.0228. The van der Waals surface area contributed by atoms with E-state index in [9.17, 15) is 0 Å². The quantitative estimate of drug-likeness (QED) is 0.780. The molecule has 0 aliphatic rings. The molecule has 0 aliphatic carbocycles. The number of hydrogen-bond acceptors (Lipinski definition) is 3. The van der Waals surface area contributed by atoms with Gasteiger partial charge in [-0.05, 0) is 37.5 Å². The first kappa shape index (κ1) is 15.0. The van der Waals surface area contributed by atoms with Crippen LogP contribution in [0.2, 0.25) is 0 Å². The highest BCUT2D eigenvalue weighted by Crippen LogP contribution is 2.16. The molecule has 18 heavy (non-hydrogen) atoms. The van der Waals surface area contributed by atoms with E-state index in [1.165, 1.54) is 11.3 Å². The Hall–Kier alpha value is -1.06. The average molecular weight is 250 g/mol. The van der Waals surface area contributed by atoms with Crippen molar-refractivity contribution >= 4 is 5.69 Å². The Morgan fingerprint density at radius 1 is 1.22 bits per heavy atom. The number of aliphatic hydroxyl groups excluding tert-OH is 1. The maximum atomic E-state index is 9.08. The first-order valence-electron chi connectivity index (χ1n) is 6.63. The highest BCUT2D eigenvalue weighted by atomic mass is 16.3. The van der Waals surface area contributed by atoms with Gasteiger partial charge in [-0.15, -0.1) is 0 Å². The molecule has 0 radical (unpaired) electrons. The summed E-state index contributed by atoms with van der Waals surface area (Å²) in [6, 6.07) is 8.56. The van der Waals surface area contributed by atoms with E-state index in [1.807, 2.05) is 14.1 Å². The maximum Gasteiger partial charge on any atom is 0.0448 e. The third-order valence-electron chi connectivity index (χ3n) is 3.62. The van der Waals surface area contributed by atoms with Gasteiger partial charge in [-0.3, -0.25) is 0 Å². The van der Waals surface area contributed by atoms with E-state index in [2.05, 4.69) is 48.3 Å². The van der Waals surface area contributed by atoms with Crippen molar-refractivity contribution in [2.24, 2.45) is 0 Å². The van der Waals surface area contributed by atoms with Gasteiger partial charge >= 0.3 is 0 Å². The largest absolute Gasteiger partial charge is 0.396 e. The molecule has 0 spiro atoms. The fourth-order valence-electron chi connectivity index (χ4n) is 1.86. The zero-order chi connectivity index (χ0) is 13.6. The van der Waals surface area contributed by atoms with Crippen LogP contribution in [-0.2, 0) is 6.54 Å². The molecule has 0 fully saturated rings. The lowest BCUT2D eigenvalue weighted by molar-refractivity contribution is 0.214. The highest BCUT2D eigenvalue weighted by molar-refractivity contribution is 5.45. The Morgan fingerprint density at radius 3 is 2.28 bits per heavy atom. The van der Waals surface area contributed by atoms with E-state index in [0.717, 1.165) is 19.4 Å². The van der Waals surface area contributed by atoms with Gasteiger partial charge in [-0.25, -0.2) is 0 Å². The highest BCUT2D eigenvalue weighted by Gasteiger charge is 2.19. The second-order valence-corrected chi connectivity index (χ2v) is 5.30. The van der Waals surface area contributed by atoms with Crippen molar-refractivity contribution in [1.82, 2.24) is 5.32 Å². The standard InChI is InChI=1S/C15H26N2O/c1-5-15(2,10-11-18)16-12-13-6-8-14(9-7-13)17(3)4/h6-9,16,18H,5,10-12H2,1-4H3. The molecular formula is C15H26N2O. The van der Waals surface area contributed by atoms with Crippen LogP contribution in [-0.4, -0.2) is 31.3 Å². The molecule has 1 atom stereocenters. The number of hydrogen-bond donors (Lipinski definition) is 2. The van der Waals surface area contributed by atoms with Crippen LogP contribution in [0.3, 0.4) is 0 Å². The lowest BCUT2D eigenvalue weighted by Gasteiger charge is -2.29. The number of rotatable bonds is 7. The fraction of sp³-hybridized carbons (Fsp3) is 0.600. The van der Waals surface area contributed by atoms with Gasteiger partial charge in [0.05, 0.1) is 0 Å². The van der Waals surface area contributed by atoms with Crippen molar-refractivity contribution in [3.63, 3.8) is 0 Å². The number of anilines is 1. The fourth-order valence-corrected chi connectivity index (χ4v) is 1.86. The van der Waals surface area contributed by atoms with E-state index in [-0.39, 0.29) is 12.1 Å². The van der Waals surface area contributed by atoms with Crippen LogP contribution < -0.4 is 10.2 Å². The second kappa shape index (κ2) is 6.76. The van der Waals surface area contributed by atoms with Crippen molar-refractivity contribution < 1.29 is 5.11 Å². The normalized spacial score (nSPS) is 14.3. The molecule has 0 saturated carbocycles. The van der Waals surface area contributed by atoms with Crippen molar-refractivity contribution in [2.45, 2.75) is 38.8 Å². The van der Waals surface area contributed by atoms with Crippen molar-refractivity contribution in [3.05, 3.63) is 29.8 Å². The van der Waals surface area contributed by atoms with Crippen LogP contribution in [0, 0.1) is 0 Å². The first-order valence-corrected chi connectivity index (χ1v) is 6.63. The number of nitrogens with one attached hydrogen (secondary N) is 1. The van der Waals surface area contributed by atoms with E-state index in [1.54, 1.807) is 0 Å². The van der Waals surface area contributed by atoms with Gasteiger partial charge in [0, 0.05) is 38.5 Å². The molecule has 0 bridgehead atoms. The Bertz CT molecular complexity index is 348. The van der Waals surface area contributed by atoms with Gasteiger partial charge in [0.2, 0.25) is 0 Å². The Balaban J connectivity index is 2.57. The Kier molecular flexibility index (Phi) is 5.63. The minimum absolute atomic E-state index is 0.0228. The molecular weight excluding hydrogens is 224 g/mol. The van der Waals surface area contributed by atoms with Gasteiger partial charge in [0.15, 0.2) is 0 Å². The zero-order valence-corrected chi connectivity index (χ0v) is 12.0. The van der Waals surface area contributed by atoms with Crippen molar-refractivity contribution in [2.75, 3.05) is 25.6 Å². The predicted octanol–water partition coefficient (Wildman–Crippen LogP) is 2.39. The molecule has 1 aromatic rings. The molecule has 0 saturated heterocycles. The van der Waals surface area contributed by atoms with Crippen LogP contribution in [0.1, 0.15) is 32.3 Å². The minimum Gasteiger partial charge on any atom is -0.396 e. The summed E-state index contributed by atoms with van der Waals surface area (Å²) in [5.74, 6) is 0. The van der Waals surface area contributed by atoms with Gasteiger partial charge in [-0.2, -0.15) is 0 Å². The average Bonchev–Trinajstić information content (AvgIpc) is 2.37. The molecule has 1 rings (SSSR count). The van der Waals surface area contributed by atoms with Crippen LogP contribution in [0.15, 0.2) is 24.3 Å². The summed E-state index contributed by atoms with van der Waals surface area (Å²) in [4.78, 5) is 2.10. The molecule has 2 N–H and O–H groups in total. The predicted molar refractivity (Wildman–Crippen MR) is 78.0 cm³/mol. The number of aliphatic hydroxyl groups is 1. The van der Waals surface area contributed by atoms with Crippen LogP contribution in [0.25, 0.3) is 0 Å². The van der Waals surface area contributed by atoms with Gasteiger partial charge in [0.25, 0.3) is 0 Å². The van der Waals surface area contributed by atoms with Crippen molar-refractivity contribution in [1.29, 1.82) is 0 Å². The first-order chi connectivity index (χ1) is 8.50.